The normalized spacial score (nSPS) is 18.5. The van der Waals surface area contributed by atoms with Crippen molar-refractivity contribution in [1.29, 1.82) is 0 Å². The summed E-state index contributed by atoms with van der Waals surface area (Å²) in [5.41, 5.74) is 3.30. The molecule has 4 rings (SSSR count). The third-order valence-electron chi connectivity index (χ3n) is 4.77. The Morgan fingerprint density at radius 1 is 1.08 bits per heavy atom. The number of rotatable bonds is 2. The van der Waals surface area contributed by atoms with Crippen LogP contribution in [0.25, 0.3) is 0 Å². The largest absolute Gasteiger partial charge is 0.371 e. The van der Waals surface area contributed by atoms with Crippen LogP contribution in [0.2, 0.25) is 0 Å². The summed E-state index contributed by atoms with van der Waals surface area (Å²) in [5.74, 6) is 1.06. The molecular weight excluding hydrogens is 364 g/mol. The van der Waals surface area contributed by atoms with Crippen LogP contribution >= 0.6 is 15.9 Å². The molecule has 0 atom stereocenters. The SMILES string of the molecule is Brc1cccc(CNC2=Nc3ccccc3NC23CCNCC3)c1. The van der Waals surface area contributed by atoms with Crippen molar-refractivity contribution in [3.8, 4) is 0 Å². The van der Waals surface area contributed by atoms with Crippen LogP contribution in [-0.4, -0.2) is 24.5 Å². The molecule has 2 aromatic carbocycles. The first-order valence-electron chi connectivity index (χ1n) is 8.41. The van der Waals surface area contributed by atoms with Gasteiger partial charge in [-0.2, -0.15) is 0 Å². The van der Waals surface area contributed by atoms with E-state index in [9.17, 15) is 0 Å². The van der Waals surface area contributed by atoms with Gasteiger partial charge in [0, 0.05) is 11.0 Å². The lowest BCUT2D eigenvalue weighted by Gasteiger charge is -2.43. The van der Waals surface area contributed by atoms with Crippen molar-refractivity contribution in [2.45, 2.75) is 24.9 Å². The molecule has 1 spiro atoms. The van der Waals surface area contributed by atoms with E-state index in [1.807, 2.05) is 12.1 Å². The second kappa shape index (κ2) is 6.57. The molecule has 0 radical (unpaired) electrons. The summed E-state index contributed by atoms with van der Waals surface area (Å²) in [5, 5.41) is 10.8. The van der Waals surface area contributed by atoms with Crippen LogP contribution in [0.1, 0.15) is 18.4 Å². The molecule has 2 aliphatic rings. The smallest absolute Gasteiger partial charge is 0.128 e. The van der Waals surface area contributed by atoms with Gasteiger partial charge >= 0.3 is 0 Å². The lowest BCUT2D eigenvalue weighted by Crippen LogP contribution is -2.58. The predicted molar refractivity (Wildman–Crippen MR) is 103 cm³/mol. The van der Waals surface area contributed by atoms with Crippen LogP contribution < -0.4 is 16.0 Å². The Morgan fingerprint density at radius 3 is 2.75 bits per heavy atom. The average molecular weight is 385 g/mol. The van der Waals surface area contributed by atoms with E-state index in [2.05, 4.69) is 68.3 Å². The Hall–Kier alpha value is -1.85. The zero-order valence-electron chi connectivity index (χ0n) is 13.5. The number of hydrogen-bond donors (Lipinski definition) is 3. The molecule has 24 heavy (non-hydrogen) atoms. The zero-order chi connectivity index (χ0) is 16.4. The molecule has 0 bridgehead atoms. The minimum Gasteiger partial charge on any atom is -0.371 e. The van der Waals surface area contributed by atoms with Crippen LogP contribution in [-0.2, 0) is 6.54 Å². The van der Waals surface area contributed by atoms with Gasteiger partial charge in [0.05, 0.1) is 16.9 Å². The lowest BCUT2D eigenvalue weighted by atomic mass is 9.85. The molecule has 2 aliphatic heterocycles. The Bertz CT molecular complexity index is 765. The minimum atomic E-state index is -0.0917. The topological polar surface area (TPSA) is 48.5 Å². The zero-order valence-corrected chi connectivity index (χ0v) is 15.1. The highest BCUT2D eigenvalue weighted by molar-refractivity contribution is 9.10. The number of para-hydroxylation sites is 2. The van der Waals surface area contributed by atoms with Crippen molar-refractivity contribution < 1.29 is 0 Å². The molecule has 0 unspecified atom stereocenters. The molecular formula is C19H21BrN4. The van der Waals surface area contributed by atoms with Crippen molar-refractivity contribution >= 4 is 33.1 Å². The average Bonchev–Trinajstić information content (AvgIpc) is 2.61. The maximum absolute atomic E-state index is 4.96. The monoisotopic (exact) mass is 384 g/mol. The second-order valence-electron chi connectivity index (χ2n) is 6.42. The van der Waals surface area contributed by atoms with E-state index >= 15 is 0 Å². The molecule has 4 nitrogen and oxygen atoms in total. The quantitative estimate of drug-likeness (QED) is 0.737. The number of hydrogen-bond acceptors (Lipinski definition) is 4. The van der Waals surface area contributed by atoms with Gasteiger partial charge in [-0.15, -0.1) is 0 Å². The van der Waals surface area contributed by atoms with Gasteiger partial charge in [0.25, 0.3) is 0 Å². The van der Waals surface area contributed by atoms with Gasteiger partial charge in [-0.25, -0.2) is 4.99 Å². The number of benzene rings is 2. The highest BCUT2D eigenvalue weighted by atomic mass is 79.9. The maximum Gasteiger partial charge on any atom is 0.128 e. The second-order valence-corrected chi connectivity index (χ2v) is 7.33. The van der Waals surface area contributed by atoms with E-state index in [0.29, 0.717) is 0 Å². The van der Waals surface area contributed by atoms with Crippen molar-refractivity contribution in [3.05, 3.63) is 58.6 Å². The Kier molecular flexibility index (Phi) is 4.29. The molecule has 3 N–H and O–H groups in total. The summed E-state index contributed by atoms with van der Waals surface area (Å²) < 4.78 is 1.10. The molecule has 5 heteroatoms. The van der Waals surface area contributed by atoms with Crippen LogP contribution in [0.15, 0.2) is 58.0 Å². The van der Waals surface area contributed by atoms with E-state index in [1.165, 1.54) is 5.56 Å². The fraction of sp³-hybridized carbons (Fsp3) is 0.316. The number of aliphatic imine (C=N–C) groups is 1. The molecule has 0 amide bonds. The number of piperidine rings is 1. The minimum absolute atomic E-state index is 0.0917. The van der Waals surface area contributed by atoms with Gasteiger partial charge < -0.3 is 16.0 Å². The van der Waals surface area contributed by atoms with E-state index in [0.717, 1.165) is 54.2 Å². The first kappa shape index (κ1) is 15.7. The summed E-state index contributed by atoms with van der Waals surface area (Å²) in [7, 11) is 0. The fourth-order valence-corrected chi connectivity index (χ4v) is 3.92. The van der Waals surface area contributed by atoms with E-state index < -0.39 is 0 Å². The van der Waals surface area contributed by atoms with Gasteiger partial charge in [-0.05, 0) is 55.8 Å². The first-order chi connectivity index (χ1) is 11.8. The molecule has 0 aromatic heterocycles. The van der Waals surface area contributed by atoms with Crippen molar-refractivity contribution in [2.75, 3.05) is 18.4 Å². The van der Waals surface area contributed by atoms with Gasteiger partial charge in [0.2, 0.25) is 0 Å². The fourth-order valence-electron chi connectivity index (χ4n) is 3.48. The Morgan fingerprint density at radius 2 is 1.92 bits per heavy atom. The number of fused-ring (bicyclic) bond motifs is 1. The molecule has 124 valence electrons. The van der Waals surface area contributed by atoms with E-state index in [4.69, 9.17) is 4.99 Å². The Labute approximate surface area is 150 Å². The standard InChI is InChI=1S/C19H21BrN4/c20-15-5-3-4-14(12-15)13-22-18-19(8-10-21-11-9-19)24-17-7-2-1-6-16(17)23-18/h1-7,12,21,24H,8-11,13H2,(H,22,23). The van der Waals surface area contributed by atoms with Crippen molar-refractivity contribution in [3.63, 3.8) is 0 Å². The summed E-state index contributed by atoms with van der Waals surface area (Å²) in [6, 6.07) is 16.7. The predicted octanol–water partition coefficient (Wildman–Crippen LogP) is 3.82. The molecule has 1 saturated heterocycles. The number of nitrogens with zero attached hydrogens (tertiary/aromatic N) is 1. The highest BCUT2D eigenvalue weighted by Crippen LogP contribution is 2.36. The van der Waals surface area contributed by atoms with Gasteiger partial charge in [0.1, 0.15) is 5.84 Å². The summed E-state index contributed by atoms with van der Waals surface area (Å²) >= 11 is 3.54. The van der Waals surface area contributed by atoms with Gasteiger partial charge in [-0.3, -0.25) is 0 Å². The number of amidine groups is 1. The van der Waals surface area contributed by atoms with Crippen LogP contribution in [0.4, 0.5) is 11.4 Å². The van der Waals surface area contributed by atoms with E-state index in [1.54, 1.807) is 0 Å². The van der Waals surface area contributed by atoms with Crippen LogP contribution in [0, 0.1) is 0 Å². The lowest BCUT2D eigenvalue weighted by molar-refractivity contribution is 0.412. The van der Waals surface area contributed by atoms with Gasteiger partial charge in [-0.1, -0.05) is 40.2 Å². The van der Waals surface area contributed by atoms with Gasteiger partial charge in [0.15, 0.2) is 0 Å². The number of nitrogens with one attached hydrogen (secondary N) is 3. The molecule has 1 fully saturated rings. The third-order valence-corrected chi connectivity index (χ3v) is 5.26. The van der Waals surface area contributed by atoms with Crippen molar-refractivity contribution in [2.24, 2.45) is 4.99 Å². The van der Waals surface area contributed by atoms with Crippen LogP contribution in [0.5, 0.6) is 0 Å². The van der Waals surface area contributed by atoms with E-state index in [-0.39, 0.29) is 5.54 Å². The molecule has 0 aliphatic carbocycles. The summed E-state index contributed by atoms with van der Waals surface area (Å²) in [4.78, 5) is 4.96. The highest BCUT2D eigenvalue weighted by Gasteiger charge is 2.40. The maximum atomic E-state index is 4.96. The number of anilines is 1. The third kappa shape index (κ3) is 3.06. The first-order valence-corrected chi connectivity index (χ1v) is 9.20. The summed E-state index contributed by atoms with van der Waals surface area (Å²) in [6.07, 6.45) is 2.07. The number of halogens is 1. The Balaban J connectivity index is 1.63. The molecule has 2 aromatic rings. The molecule has 2 heterocycles. The van der Waals surface area contributed by atoms with Crippen molar-refractivity contribution in [1.82, 2.24) is 10.6 Å². The van der Waals surface area contributed by atoms with Crippen LogP contribution in [0.3, 0.4) is 0 Å². The molecule has 0 saturated carbocycles. The summed E-state index contributed by atoms with van der Waals surface area (Å²) in [6.45, 7) is 2.79.